The fraction of sp³-hybridized carbons (Fsp3) is 1.00. The van der Waals surface area contributed by atoms with Gasteiger partial charge in [0.05, 0.1) is 0 Å². The van der Waals surface area contributed by atoms with Crippen LogP contribution in [0.2, 0.25) is 0 Å². The summed E-state index contributed by atoms with van der Waals surface area (Å²) in [6.07, 6.45) is 4.15. The first kappa shape index (κ1) is 15.4. The van der Waals surface area contributed by atoms with Crippen molar-refractivity contribution in [2.24, 2.45) is 5.92 Å². The van der Waals surface area contributed by atoms with Crippen LogP contribution in [0, 0.1) is 5.92 Å². The molecule has 0 spiro atoms. The molecule has 0 radical (unpaired) electrons. The van der Waals surface area contributed by atoms with Gasteiger partial charge in [0.2, 0.25) is 0 Å². The number of unbranched alkanes of at least 4 members (excludes halogenated alkanes) is 1. The van der Waals surface area contributed by atoms with Crippen LogP contribution in [0.5, 0.6) is 0 Å². The number of hydrogen-bond acceptors (Lipinski definition) is 1. The third-order valence-electron chi connectivity index (χ3n) is 1.75. The van der Waals surface area contributed by atoms with Gasteiger partial charge in [-0.2, -0.15) is 0 Å². The molecule has 0 atom stereocenters. The maximum Gasteiger partial charge on any atom is 0.00102 e. The molecule has 0 heterocycles. The maximum atomic E-state index is 3.21. The van der Waals surface area contributed by atoms with Crippen molar-refractivity contribution in [3.05, 3.63) is 0 Å². The molecule has 0 unspecified atom stereocenters. The molecular formula is C12H29N. The monoisotopic (exact) mass is 187 g/mol. The van der Waals surface area contributed by atoms with Crippen molar-refractivity contribution in [1.82, 2.24) is 5.32 Å². The standard InChI is InChI=1S/C7H16.C5H13N/c1-4-5-6-7(2)3;1-4-6-5(2)3/h7H,4-6H2,1-3H3;5-6H,4H2,1-3H3. The quantitative estimate of drug-likeness (QED) is 0.689. The van der Waals surface area contributed by atoms with Crippen LogP contribution < -0.4 is 5.32 Å². The molecule has 0 amide bonds. The summed E-state index contributed by atoms with van der Waals surface area (Å²) >= 11 is 0. The number of rotatable bonds is 5. The van der Waals surface area contributed by atoms with E-state index in [1.165, 1.54) is 19.3 Å². The highest BCUT2D eigenvalue weighted by atomic mass is 14.9. The van der Waals surface area contributed by atoms with E-state index in [1.54, 1.807) is 0 Å². The van der Waals surface area contributed by atoms with E-state index in [4.69, 9.17) is 0 Å². The molecule has 0 aliphatic carbocycles. The molecule has 0 bridgehead atoms. The molecule has 1 nitrogen and oxygen atoms in total. The Morgan fingerprint density at radius 3 is 1.62 bits per heavy atom. The van der Waals surface area contributed by atoms with Crippen molar-refractivity contribution < 1.29 is 0 Å². The third kappa shape index (κ3) is 24.5. The average Bonchev–Trinajstić information content (AvgIpc) is 2.01. The van der Waals surface area contributed by atoms with Crippen molar-refractivity contribution >= 4 is 0 Å². The van der Waals surface area contributed by atoms with Crippen LogP contribution in [0.1, 0.15) is 60.8 Å². The van der Waals surface area contributed by atoms with Crippen LogP contribution in [-0.4, -0.2) is 12.6 Å². The smallest absolute Gasteiger partial charge is 0.00102 e. The second-order valence-electron chi connectivity index (χ2n) is 4.25. The summed E-state index contributed by atoms with van der Waals surface area (Å²) in [7, 11) is 0. The minimum Gasteiger partial charge on any atom is -0.315 e. The van der Waals surface area contributed by atoms with E-state index in [2.05, 4.69) is 46.9 Å². The van der Waals surface area contributed by atoms with Crippen molar-refractivity contribution in [3.63, 3.8) is 0 Å². The average molecular weight is 187 g/mol. The van der Waals surface area contributed by atoms with Gasteiger partial charge in [0.1, 0.15) is 0 Å². The predicted octanol–water partition coefficient (Wildman–Crippen LogP) is 3.84. The molecule has 0 saturated heterocycles. The molecule has 0 aromatic heterocycles. The lowest BCUT2D eigenvalue weighted by atomic mass is 10.1. The molecule has 0 aliphatic rings. The Morgan fingerprint density at radius 2 is 1.54 bits per heavy atom. The number of hydrogen-bond donors (Lipinski definition) is 1. The van der Waals surface area contributed by atoms with Crippen LogP contribution in [0.4, 0.5) is 0 Å². The fourth-order valence-electron chi connectivity index (χ4n) is 1.02. The Morgan fingerprint density at radius 1 is 1.00 bits per heavy atom. The van der Waals surface area contributed by atoms with Gasteiger partial charge in [-0.05, 0) is 12.5 Å². The van der Waals surface area contributed by atoms with Crippen LogP contribution in [0.3, 0.4) is 0 Å². The Labute approximate surface area is 85.3 Å². The molecule has 0 aromatic rings. The summed E-state index contributed by atoms with van der Waals surface area (Å²) in [6.45, 7) is 14.3. The van der Waals surface area contributed by atoms with Gasteiger partial charge in [0, 0.05) is 6.04 Å². The highest BCUT2D eigenvalue weighted by molar-refractivity contribution is 4.46. The summed E-state index contributed by atoms with van der Waals surface area (Å²) in [4.78, 5) is 0. The van der Waals surface area contributed by atoms with Crippen molar-refractivity contribution in [2.45, 2.75) is 66.8 Å². The molecule has 13 heavy (non-hydrogen) atoms. The topological polar surface area (TPSA) is 12.0 Å². The highest BCUT2D eigenvalue weighted by Crippen LogP contribution is 2.04. The summed E-state index contributed by atoms with van der Waals surface area (Å²) in [5.41, 5.74) is 0. The molecule has 0 aliphatic heterocycles. The highest BCUT2D eigenvalue weighted by Gasteiger charge is 1.88. The van der Waals surface area contributed by atoms with Gasteiger partial charge in [-0.15, -0.1) is 0 Å². The van der Waals surface area contributed by atoms with E-state index in [-0.39, 0.29) is 0 Å². The van der Waals surface area contributed by atoms with E-state index in [0.717, 1.165) is 12.5 Å². The largest absolute Gasteiger partial charge is 0.315 e. The van der Waals surface area contributed by atoms with E-state index in [0.29, 0.717) is 6.04 Å². The first-order valence-electron chi connectivity index (χ1n) is 5.77. The zero-order valence-electron chi connectivity index (χ0n) is 10.5. The zero-order valence-corrected chi connectivity index (χ0v) is 10.5. The van der Waals surface area contributed by atoms with Crippen molar-refractivity contribution in [2.75, 3.05) is 6.54 Å². The molecule has 82 valence electrons. The van der Waals surface area contributed by atoms with E-state index < -0.39 is 0 Å². The minimum absolute atomic E-state index is 0.648. The van der Waals surface area contributed by atoms with Crippen molar-refractivity contribution in [1.29, 1.82) is 0 Å². The van der Waals surface area contributed by atoms with Gasteiger partial charge >= 0.3 is 0 Å². The SMILES string of the molecule is CCCCC(C)C.CCNC(C)C. The number of nitrogens with one attached hydrogen (secondary N) is 1. The second kappa shape index (κ2) is 12.0. The lowest BCUT2D eigenvalue weighted by Crippen LogP contribution is -2.21. The molecule has 0 aromatic carbocycles. The summed E-state index contributed by atoms with van der Waals surface area (Å²) in [6, 6.07) is 0.648. The third-order valence-corrected chi connectivity index (χ3v) is 1.75. The maximum absolute atomic E-state index is 3.21. The summed E-state index contributed by atoms with van der Waals surface area (Å²) in [5, 5.41) is 3.21. The predicted molar refractivity (Wildman–Crippen MR) is 63.2 cm³/mol. The zero-order chi connectivity index (χ0) is 10.7. The van der Waals surface area contributed by atoms with E-state index in [9.17, 15) is 0 Å². The summed E-state index contributed by atoms with van der Waals surface area (Å²) < 4.78 is 0. The normalized spacial score (nSPS) is 10.2. The van der Waals surface area contributed by atoms with Gasteiger partial charge in [-0.25, -0.2) is 0 Å². The lowest BCUT2D eigenvalue weighted by Gasteiger charge is -2.00. The van der Waals surface area contributed by atoms with E-state index in [1.807, 2.05) is 0 Å². The fourth-order valence-corrected chi connectivity index (χ4v) is 1.02. The Bertz CT molecular complexity index is 77.2. The van der Waals surface area contributed by atoms with Crippen LogP contribution in [0.25, 0.3) is 0 Å². The van der Waals surface area contributed by atoms with Gasteiger partial charge in [-0.3, -0.25) is 0 Å². The first-order valence-corrected chi connectivity index (χ1v) is 5.77. The first-order chi connectivity index (χ1) is 6.04. The van der Waals surface area contributed by atoms with Gasteiger partial charge in [0.15, 0.2) is 0 Å². The lowest BCUT2D eigenvalue weighted by molar-refractivity contribution is 0.550. The molecule has 0 rings (SSSR count). The van der Waals surface area contributed by atoms with E-state index >= 15 is 0 Å². The van der Waals surface area contributed by atoms with Gasteiger partial charge in [-0.1, -0.05) is 60.8 Å². The van der Waals surface area contributed by atoms with Crippen LogP contribution >= 0.6 is 0 Å². The van der Waals surface area contributed by atoms with Gasteiger partial charge in [0.25, 0.3) is 0 Å². The minimum atomic E-state index is 0.648. The molecule has 1 heteroatoms. The van der Waals surface area contributed by atoms with Gasteiger partial charge < -0.3 is 5.32 Å². The Kier molecular flexibility index (Phi) is 14.2. The van der Waals surface area contributed by atoms with Crippen LogP contribution in [-0.2, 0) is 0 Å². The summed E-state index contributed by atoms with van der Waals surface area (Å²) in [5.74, 6) is 0.903. The van der Waals surface area contributed by atoms with Crippen molar-refractivity contribution in [3.8, 4) is 0 Å². The Hall–Kier alpha value is -0.0400. The van der Waals surface area contributed by atoms with Crippen LogP contribution in [0.15, 0.2) is 0 Å². The Balaban J connectivity index is 0. The molecule has 1 N–H and O–H groups in total. The second-order valence-corrected chi connectivity index (χ2v) is 4.25. The molecule has 0 fully saturated rings. The molecule has 0 saturated carbocycles. The molecular weight excluding hydrogens is 158 g/mol.